The number of halogens is 1. The van der Waals surface area contributed by atoms with Crippen LogP contribution < -0.4 is 4.74 Å². The number of hydrogen-bond acceptors (Lipinski definition) is 3. The van der Waals surface area contributed by atoms with E-state index in [9.17, 15) is 0 Å². The molecule has 3 nitrogen and oxygen atoms in total. The summed E-state index contributed by atoms with van der Waals surface area (Å²) < 4.78 is 6.74. The molecule has 18 heavy (non-hydrogen) atoms. The van der Waals surface area contributed by atoms with Crippen molar-refractivity contribution in [3.8, 4) is 5.75 Å². The van der Waals surface area contributed by atoms with Crippen LogP contribution in [-0.4, -0.2) is 11.4 Å². The van der Waals surface area contributed by atoms with E-state index in [4.69, 9.17) is 9.94 Å². The van der Waals surface area contributed by atoms with Gasteiger partial charge >= 0.3 is 0 Å². The molecule has 2 rings (SSSR count). The lowest BCUT2D eigenvalue weighted by atomic mass is 10.2. The van der Waals surface area contributed by atoms with Crippen molar-refractivity contribution in [3.63, 3.8) is 0 Å². The maximum absolute atomic E-state index is 8.57. The maximum atomic E-state index is 8.57. The smallest absolute Gasteiger partial charge is 0.128 e. The highest BCUT2D eigenvalue weighted by Gasteiger charge is 2.01. The summed E-state index contributed by atoms with van der Waals surface area (Å²) in [5, 5.41) is 11.6. The van der Waals surface area contributed by atoms with Gasteiger partial charge in [0, 0.05) is 10.0 Å². The van der Waals surface area contributed by atoms with E-state index in [2.05, 4.69) is 21.1 Å². The second-order valence-electron chi connectivity index (χ2n) is 3.70. The van der Waals surface area contributed by atoms with E-state index in [1.807, 2.05) is 48.5 Å². The molecule has 2 aromatic carbocycles. The van der Waals surface area contributed by atoms with Gasteiger partial charge in [0.2, 0.25) is 0 Å². The fourth-order valence-corrected chi connectivity index (χ4v) is 1.79. The molecule has 0 fully saturated rings. The van der Waals surface area contributed by atoms with Crippen molar-refractivity contribution < 1.29 is 9.94 Å². The third kappa shape index (κ3) is 3.34. The molecule has 0 aliphatic carbocycles. The first-order valence-corrected chi connectivity index (χ1v) is 6.22. The first-order valence-electron chi connectivity index (χ1n) is 5.43. The predicted molar refractivity (Wildman–Crippen MR) is 74.3 cm³/mol. The molecule has 0 heterocycles. The molecule has 0 saturated carbocycles. The molecule has 1 N–H and O–H groups in total. The van der Waals surface area contributed by atoms with Gasteiger partial charge in [-0.15, -0.1) is 0 Å². The standard InChI is InChI=1S/C14H12BrNO2/c15-13-7-5-11(6-8-13)10-18-14-4-2-1-3-12(14)9-16-17/h1-9,17H,10H2/b16-9+. The Hall–Kier alpha value is -1.81. The van der Waals surface area contributed by atoms with Gasteiger partial charge in [0.15, 0.2) is 0 Å². The van der Waals surface area contributed by atoms with Crippen LogP contribution in [0.1, 0.15) is 11.1 Å². The van der Waals surface area contributed by atoms with Crippen molar-refractivity contribution >= 4 is 22.1 Å². The summed E-state index contributed by atoms with van der Waals surface area (Å²) in [4.78, 5) is 0. The fourth-order valence-electron chi connectivity index (χ4n) is 1.52. The van der Waals surface area contributed by atoms with E-state index in [0.29, 0.717) is 12.4 Å². The van der Waals surface area contributed by atoms with E-state index in [-0.39, 0.29) is 0 Å². The molecule has 0 aliphatic heterocycles. The third-order valence-electron chi connectivity index (χ3n) is 2.42. The van der Waals surface area contributed by atoms with Gasteiger partial charge in [-0.1, -0.05) is 45.4 Å². The van der Waals surface area contributed by atoms with Crippen LogP contribution in [0, 0.1) is 0 Å². The van der Waals surface area contributed by atoms with Gasteiger partial charge < -0.3 is 9.94 Å². The minimum atomic E-state index is 0.476. The number of oxime groups is 1. The quantitative estimate of drug-likeness (QED) is 0.530. The van der Waals surface area contributed by atoms with Crippen molar-refractivity contribution in [2.24, 2.45) is 5.16 Å². The summed E-state index contributed by atoms with van der Waals surface area (Å²) in [6.07, 6.45) is 1.36. The van der Waals surface area contributed by atoms with E-state index >= 15 is 0 Å². The van der Waals surface area contributed by atoms with Gasteiger partial charge in [-0.05, 0) is 29.8 Å². The highest BCUT2D eigenvalue weighted by Crippen LogP contribution is 2.18. The average Bonchev–Trinajstić information content (AvgIpc) is 2.40. The van der Waals surface area contributed by atoms with Crippen molar-refractivity contribution in [1.82, 2.24) is 0 Å². The van der Waals surface area contributed by atoms with Gasteiger partial charge in [-0.3, -0.25) is 0 Å². The minimum Gasteiger partial charge on any atom is -0.488 e. The van der Waals surface area contributed by atoms with Gasteiger partial charge in [0.1, 0.15) is 12.4 Å². The van der Waals surface area contributed by atoms with E-state index in [1.54, 1.807) is 0 Å². The summed E-state index contributed by atoms with van der Waals surface area (Å²) >= 11 is 3.39. The molecule has 2 aromatic rings. The Morgan fingerprint density at radius 3 is 2.56 bits per heavy atom. The van der Waals surface area contributed by atoms with Gasteiger partial charge in [-0.2, -0.15) is 0 Å². The molecule has 0 aromatic heterocycles. The molecular weight excluding hydrogens is 294 g/mol. The lowest BCUT2D eigenvalue weighted by Crippen LogP contribution is -1.98. The third-order valence-corrected chi connectivity index (χ3v) is 2.95. The van der Waals surface area contributed by atoms with Crippen LogP contribution in [-0.2, 0) is 6.61 Å². The average molecular weight is 306 g/mol. The highest BCUT2D eigenvalue weighted by atomic mass is 79.9. The molecule has 0 spiro atoms. The topological polar surface area (TPSA) is 41.8 Å². The van der Waals surface area contributed by atoms with Gasteiger partial charge in [0.25, 0.3) is 0 Å². The zero-order valence-corrected chi connectivity index (χ0v) is 11.2. The highest BCUT2D eigenvalue weighted by molar-refractivity contribution is 9.10. The molecule has 0 bridgehead atoms. The monoisotopic (exact) mass is 305 g/mol. The van der Waals surface area contributed by atoms with Gasteiger partial charge in [0.05, 0.1) is 6.21 Å². The number of para-hydroxylation sites is 1. The first kappa shape index (κ1) is 12.6. The zero-order valence-electron chi connectivity index (χ0n) is 9.58. The second kappa shape index (κ2) is 6.21. The van der Waals surface area contributed by atoms with Gasteiger partial charge in [-0.25, -0.2) is 0 Å². The molecule has 4 heteroatoms. The normalized spacial score (nSPS) is 10.7. The molecule has 0 aliphatic rings. The summed E-state index contributed by atoms with van der Waals surface area (Å²) in [6, 6.07) is 15.3. The van der Waals surface area contributed by atoms with E-state index < -0.39 is 0 Å². The molecule has 0 atom stereocenters. The molecule has 0 radical (unpaired) electrons. The van der Waals surface area contributed by atoms with Crippen LogP contribution >= 0.6 is 15.9 Å². The van der Waals surface area contributed by atoms with E-state index in [0.717, 1.165) is 15.6 Å². The van der Waals surface area contributed by atoms with Crippen molar-refractivity contribution in [3.05, 3.63) is 64.1 Å². The summed E-state index contributed by atoms with van der Waals surface area (Å²) in [7, 11) is 0. The molecule has 0 amide bonds. The molecule has 0 unspecified atom stereocenters. The van der Waals surface area contributed by atoms with Crippen LogP contribution in [0.25, 0.3) is 0 Å². The number of ether oxygens (including phenoxy) is 1. The number of rotatable bonds is 4. The van der Waals surface area contributed by atoms with Crippen LogP contribution in [0.5, 0.6) is 5.75 Å². The Balaban J connectivity index is 2.08. The van der Waals surface area contributed by atoms with Crippen molar-refractivity contribution in [2.75, 3.05) is 0 Å². The number of hydrogen-bond donors (Lipinski definition) is 1. The van der Waals surface area contributed by atoms with E-state index in [1.165, 1.54) is 6.21 Å². The lowest BCUT2D eigenvalue weighted by Gasteiger charge is -2.08. The Morgan fingerprint density at radius 2 is 1.83 bits per heavy atom. The van der Waals surface area contributed by atoms with Crippen molar-refractivity contribution in [1.29, 1.82) is 0 Å². The van der Waals surface area contributed by atoms with Crippen molar-refractivity contribution in [2.45, 2.75) is 6.61 Å². The Morgan fingerprint density at radius 1 is 1.11 bits per heavy atom. The second-order valence-corrected chi connectivity index (χ2v) is 4.61. The maximum Gasteiger partial charge on any atom is 0.128 e. The molecule has 92 valence electrons. The van der Waals surface area contributed by atoms with Crippen LogP contribution in [0.4, 0.5) is 0 Å². The summed E-state index contributed by atoms with van der Waals surface area (Å²) in [6.45, 7) is 0.476. The van der Waals surface area contributed by atoms with Crippen LogP contribution in [0.2, 0.25) is 0 Å². The van der Waals surface area contributed by atoms with Crippen LogP contribution in [0.15, 0.2) is 58.2 Å². The molecule has 0 saturated heterocycles. The summed E-state index contributed by atoms with van der Waals surface area (Å²) in [5.74, 6) is 0.693. The summed E-state index contributed by atoms with van der Waals surface area (Å²) in [5.41, 5.74) is 1.83. The largest absolute Gasteiger partial charge is 0.488 e. The predicted octanol–water partition coefficient (Wildman–Crippen LogP) is 3.84. The Bertz CT molecular complexity index is 538. The fraction of sp³-hybridized carbons (Fsp3) is 0.0714. The Kier molecular flexibility index (Phi) is 4.36. The number of benzene rings is 2. The number of nitrogens with zero attached hydrogens (tertiary/aromatic N) is 1. The zero-order chi connectivity index (χ0) is 12.8. The first-order chi connectivity index (χ1) is 8.79. The SMILES string of the molecule is O/N=C/c1ccccc1OCc1ccc(Br)cc1. The molecular formula is C14H12BrNO2. The van der Waals surface area contributed by atoms with Crippen LogP contribution in [0.3, 0.4) is 0 Å². The minimum absolute atomic E-state index is 0.476. The Labute approximate surface area is 114 Å². The lowest BCUT2D eigenvalue weighted by molar-refractivity contribution is 0.304.